The number of carbonyl (C=O) groups is 1. The molecule has 0 fully saturated rings. The molecule has 0 unspecified atom stereocenters. The van der Waals surface area contributed by atoms with E-state index in [-0.39, 0.29) is 17.9 Å². The summed E-state index contributed by atoms with van der Waals surface area (Å²) in [5.41, 5.74) is 3.40. The van der Waals surface area contributed by atoms with E-state index in [1.54, 1.807) is 0 Å². The molecule has 1 aromatic heterocycles. The molecule has 3 aromatic carbocycles. The summed E-state index contributed by atoms with van der Waals surface area (Å²) >= 11 is 0. The summed E-state index contributed by atoms with van der Waals surface area (Å²) in [7, 11) is 0. The summed E-state index contributed by atoms with van der Waals surface area (Å²) < 4.78 is 13.7. The van der Waals surface area contributed by atoms with Crippen molar-refractivity contribution in [1.82, 2.24) is 14.9 Å². The third kappa shape index (κ3) is 6.63. The summed E-state index contributed by atoms with van der Waals surface area (Å²) in [5, 5.41) is 2.92. The first-order valence-electron chi connectivity index (χ1n) is 12.0. The molecular weight excluding hydrogens is 438 g/mol. The van der Waals surface area contributed by atoms with E-state index < -0.39 is 0 Å². The molecule has 182 valence electrons. The SMILES string of the molecule is CC(C)(C)c1ccc(OCCn2c(CCNC(=O)COc3ccccc3)nc3ccccc32)cc1. The zero-order valence-corrected chi connectivity index (χ0v) is 20.7. The largest absolute Gasteiger partial charge is 0.492 e. The molecule has 1 N–H and O–H groups in total. The number of aromatic nitrogens is 2. The number of rotatable bonds is 10. The van der Waals surface area contributed by atoms with Gasteiger partial charge in [-0.3, -0.25) is 4.79 Å². The van der Waals surface area contributed by atoms with Crippen LogP contribution in [-0.4, -0.2) is 35.2 Å². The fourth-order valence-electron chi connectivity index (χ4n) is 3.90. The number of imidazole rings is 1. The number of benzene rings is 3. The Morgan fingerprint density at radius 2 is 1.57 bits per heavy atom. The Morgan fingerprint density at radius 1 is 0.886 bits per heavy atom. The lowest BCUT2D eigenvalue weighted by atomic mass is 9.87. The molecular formula is C29H33N3O3. The van der Waals surface area contributed by atoms with Crippen molar-refractivity contribution in [3.8, 4) is 11.5 Å². The highest BCUT2D eigenvalue weighted by Crippen LogP contribution is 2.24. The quantitative estimate of drug-likeness (QED) is 0.347. The van der Waals surface area contributed by atoms with E-state index in [0.29, 0.717) is 31.9 Å². The fourth-order valence-corrected chi connectivity index (χ4v) is 3.90. The van der Waals surface area contributed by atoms with E-state index in [2.05, 4.69) is 48.9 Å². The Bertz CT molecular complexity index is 1240. The number of amides is 1. The predicted molar refractivity (Wildman–Crippen MR) is 139 cm³/mol. The standard InChI is InChI=1S/C29H33N3O3/c1-29(2,3)22-13-15-24(16-14-22)34-20-19-32-26-12-8-7-11-25(26)31-27(32)17-18-30-28(33)21-35-23-9-5-4-6-10-23/h4-16H,17-21H2,1-3H3,(H,30,33). The Kier molecular flexibility index (Phi) is 7.70. The van der Waals surface area contributed by atoms with Gasteiger partial charge < -0.3 is 19.4 Å². The number of hydrogen-bond acceptors (Lipinski definition) is 4. The molecule has 0 saturated heterocycles. The van der Waals surface area contributed by atoms with Crippen LogP contribution in [0.15, 0.2) is 78.9 Å². The van der Waals surface area contributed by atoms with Gasteiger partial charge in [-0.1, -0.05) is 63.2 Å². The summed E-state index contributed by atoms with van der Waals surface area (Å²) in [6.45, 7) is 8.27. The zero-order valence-electron chi connectivity index (χ0n) is 20.7. The van der Waals surface area contributed by atoms with Crippen molar-refractivity contribution in [1.29, 1.82) is 0 Å². The molecule has 4 rings (SSSR count). The van der Waals surface area contributed by atoms with Crippen molar-refractivity contribution in [2.75, 3.05) is 19.8 Å². The lowest BCUT2D eigenvalue weighted by molar-refractivity contribution is -0.123. The molecule has 4 aromatic rings. The number of ether oxygens (including phenoxy) is 2. The monoisotopic (exact) mass is 471 g/mol. The molecule has 6 nitrogen and oxygen atoms in total. The van der Waals surface area contributed by atoms with Gasteiger partial charge in [-0.2, -0.15) is 0 Å². The van der Waals surface area contributed by atoms with E-state index in [0.717, 1.165) is 22.6 Å². The molecule has 0 atom stereocenters. The predicted octanol–water partition coefficient (Wildman–Crippen LogP) is 5.15. The molecule has 1 amide bonds. The van der Waals surface area contributed by atoms with E-state index >= 15 is 0 Å². The number of hydrogen-bond donors (Lipinski definition) is 1. The van der Waals surface area contributed by atoms with Crippen molar-refractivity contribution in [2.45, 2.75) is 39.2 Å². The maximum absolute atomic E-state index is 12.2. The van der Waals surface area contributed by atoms with Crippen LogP contribution in [0.4, 0.5) is 0 Å². The van der Waals surface area contributed by atoms with Gasteiger partial charge in [0.05, 0.1) is 17.6 Å². The average Bonchev–Trinajstić information content (AvgIpc) is 3.20. The van der Waals surface area contributed by atoms with E-state index in [4.69, 9.17) is 14.5 Å². The Morgan fingerprint density at radius 3 is 2.31 bits per heavy atom. The Balaban J connectivity index is 1.33. The second-order valence-corrected chi connectivity index (χ2v) is 9.49. The highest BCUT2D eigenvalue weighted by molar-refractivity contribution is 5.77. The highest BCUT2D eigenvalue weighted by Gasteiger charge is 2.14. The summed E-state index contributed by atoms with van der Waals surface area (Å²) in [6.07, 6.45) is 0.617. The minimum atomic E-state index is -0.154. The minimum absolute atomic E-state index is 0.0116. The van der Waals surface area contributed by atoms with Crippen LogP contribution in [0.1, 0.15) is 32.2 Å². The van der Waals surface area contributed by atoms with Crippen molar-refractivity contribution in [3.63, 3.8) is 0 Å². The van der Waals surface area contributed by atoms with Gasteiger partial charge in [-0.15, -0.1) is 0 Å². The molecule has 1 heterocycles. The highest BCUT2D eigenvalue weighted by atomic mass is 16.5. The molecule has 0 bridgehead atoms. The smallest absolute Gasteiger partial charge is 0.257 e. The molecule has 0 aliphatic heterocycles. The van der Waals surface area contributed by atoms with Gasteiger partial charge in [0.15, 0.2) is 6.61 Å². The molecule has 0 aliphatic carbocycles. The van der Waals surface area contributed by atoms with Gasteiger partial charge in [-0.05, 0) is 47.4 Å². The van der Waals surface area contributed by atoms with Gasteiger partial charge in [0.2, 0.25) is 0 Å². The maximum Gasteiger partial charge on any atom is 0.257 e. The lowest BCUT2D eigenvalue weighted by Crippen LogP contribution is -2.31. The first-order chi connectivity index (χ1) is 16.9. The van der Waals surface area contributed by atoms with Crippen LogP contribution in [0.5, 0.6) is 11.5 Å². The number of nitrogens with zero attached hydrogens (tertiary/aromatic N) is 2. The van der Waals surface area contributed by atoms with Crippen LogP contribution in [0.3, 0.4) is 0 Å². The number of nitrogens with one attached hydrogen (secondary N) is 1. The zero-order chi connectivity index (χ0) is 24.7. The Hall–Kier alpha value is -3.80. The van der Waals surface area contributed by atoms with Crippen molar-refractivity contribution >= 4 is 16.9 Å². The molecule has 35 heavy (non-hydrogen) atoms. The fraction of sp³-hybridized carbons (Fsp3) is 0.310. The number of para-hydroxylation sites is 3. The number of fused-ring (bicyclic) bond motifs is 1. The van der Waals surface area contributed by atoms with Gasteiger partial charge in [0.1, 0.15) is 23.9 Å². The van der Waals surface area contributed by atoms with Gasteiger partial charge in [0, 0.05) is 13.0 Å². The Labute approximate surface area is 206 Å². The second kappa shape index (κ2) is 11.1. The van der Waals surface area contributed by atoms with Crippen LogP contribution in [-0.2, 0) is 23.2 Å². The average molecular weight is 472 g/mol. The third-order valence-corrected chi connectivity index (χ3v) is 5.82. The summed E-state index contributed by atoms with van der Waals surface area (Å²) in [4.78, 5) is 17.0. The molecule has 0 spiro atoms. The normalized spacial score (nSPS) is 11.4. The van der Waals surface area contributed by atoms with Crippen LogP contribution < -0.4 is 14.8 Å². The van der Waals surface area contributed by atoms with Crippen molar-refractivity contribution < 1.29 is 14.3 Å². The van der Waals surface area contributed by atoms with E-state index in [9.17, 15) is 4.79 Å². The summed E-state index contributed by atoms with van der Waals surface area (Å²) in [5.74, 6) is 2.30. The van der Waals surface area contributed by atoms with Crippen LogP contribution in [0.2, 0.25) is 0 Å². The van der Waals surface area contributed by atoms with E-state index in [1.807, 2.05) is 60.7 Å². The van der Waals surface area contributed by atoms with Crippen LogP contribution in [0, 0.1) is 0 Å². The van der Waals surface area contributed by atoms with Crippen molar-refractivity contribution in [3.05, 3.63) is 90.3 Å². The van der Waals surface area contributed by atoms with Crippen molar-refractivity contribution in [2.24, 2.45) is 0 Å². The van der Waals surface area contributed by atoms with Gasteiger partial charge >= 0.3 is 0 Å². The minimum Gasteiger partial charge on any atom is -0.492 e. The lowest BCUT2D eigenvalue weighted by Gasteiger charge is -2.19. The molecule has 0 radical (unpaired) electrons. The maximum atomic E-state index is 12.2. The topological polar surface area (TPSA) is 65.4 Å². The van der Waals surface area contributed by atoms with Crippen LogP contribution in [0.25, 0.3) is 11.0 Å². The molecule has 0 saturated carbocycles. The first kappa shape index (κ1) is 24.3. The first-order valence-corrected chi connectivity index (χ1v) is 12.0. The molecule has 6 heteroatoms. The van der Waals surface area contributed by atoms with Gasteiger partial charge in [-0.25, -0.2) is 4.98 Å². The molecule has 0 aliphatic rings. The van der Waals surface area contributed by atoms with Crippen LogP contribution >= 0.6 is 0 Å². The summed E-state index contributed by atoms with van der Waals surface area (Å²) in [6, 6.07) is 25.7. The number of carbonyl (C=O) groups excluding carboxylic acids is 1. The van der Waals surface area contributed by atoms with Gasteiger partial charge in [0.25, 0.3) is 5.91 Å². The second-order valence-electron chi connectivity index (χ2n) is 9.49. The third-order valence-electron chi connectivity index (χ3n) is 5.82. The van der Waals surface area contributed by atoms with E-state index in [1.165, 1.54) is 5.56 Å².